The first-order valence-electron chi connectivity index (χ1n) is 10.4. The van der Waals surface area contributed by atoms with Crippen LogP contribution in [-0.4, -0.2) is 33.1 Å². The number of hydrogen-bond acceptors (Lipinski definition) is 7. The lowest BCUT2D eigenvalue weighted by Gasteiger charge is -2.18. The maximum absolute atomic E-state index is 13.2. The second-order valence-corrected chi connectivity index (χ2v) is 7.86. The molecule has 0 radical (unpaired) electrons. The summed E-state index contributed by atoms with van der Waals surface area (Å²) in [5.74, 6) is -1.33. The highest BCUT2D eigenvalue weighted by molar-refractivity contribution is 6.33. The van der Waals surface area contributed by atoms with Gasteiger partial charge in [0.2, 0.25) is 0 Å². The summed E-state index contributed by atoms with van der Waals surface area (Å²) in [5, 5.41) is 24.7. The first kappa shape index (κ1) is 24.2. The molecule has 2 amide bonds. The van der Waals surface area contributed by atoms with Gasteiger partial charge in [0.1, 0.15) is 5.69 Å². The highest BCUT2D eigenvalue weighted by atomic mass is 35.5. The van der Waals surface area contributed by atoms with E-state index in [0.29, 0.717) is 10.9 Å². The Bertz CT molecular complexity index is 1550. The summed E-state index contributed by atoms with van der Waals surface area (Å²) in [6.07, 6.45) is 1.14. The van der Waals surface area contributed by atoms with Crippen molar-refractivity contribution in [1.29, 1.82) is 0 Å². The number of H-pyrrole nitrogens is 1. The molecule has 4 rings (SSSR count). The number of fused-ring (bicyclic) bond motifs is 1. The van der Waals surface area contributed by atoms with Crippen LogP contribution in [0.25, 0.3) is 10.8 Å². The number of carbonyl (C=O) groups excluding carboxylic acids is 2. The van der Waals surface area contributed by atoms with Gasteiger partial charge in [-0.05, 0) is 24.3 Å². The van der Waals surface area contributed by atoms with Gasteiger partial charge in [-0.3, -0.25) is 24.5 Å². The van der Waals surface area contributed by atoms with Gasteiger partial charge in [-0.15, -0.1) is 0 Å². The fourth-order valence-electron chi connectivity index (χ4n) is 3.39. The molecule has 12 heteroatoms. The minimum atomic E-state index is -1.35. The van der Waals surface area contributed by atoms with Gasteiger partial charge in [0, 0.05) is 33.7 Å². The summed E-state index contributed by atoms with van der Waals surface area (Å²) in [5.41, 5.74) is 2.23. The van der Waals surface area contributed by atoms with Crippen LogP contribution in [0, 0.1) is 10.1 Å². The summed E-state index contributed by atoms with van der Waals surface area (Å²) in [6, 6.07) is 17.2. The largest absolute Gasteiger partial charge is 0.335 e. The number of non-ortho nitro benzene ring substituents is 1. The summed E-state index contributed by atoms with van der Waals surface area (Å²) < 4.78 is 0. The summed E-state index contributed by atoms with van der Waals surface area (Å²) in [7, 11) is 0. The molecule has 11 nitrogen and oxygen atoms in total. The molecule has 36 heavy (non-hydrogen) atoms. The minimum absolute atomic E-state index is 0.0931. The second-order valence-electron chi connectivity index (χ2n) is 7.45. The van der Waals surface area contributed by atoms with E-state index in [1.807, 2.05) is 0 Å². The first-order valence-corrected chi connectivity index (χ1v) is 10.8. The lowest BCUT2D eigenvalue weighted by molar-refractivity contribution is -0.384. The van der Waals surface area contributed by atoms with E-state index in [1.165, 1.54) is 18.2 Å². The van der Waals surface area contributed by atoms with Crippen molar-refractivity contribution in [3.63, 3.8) is 0 Å². The number of nitro benzene ring substituents is 1. The molecular formula is C24H17ClN6O5. The smallest absolute Gasteiger partial charge is 0.272 e. The number of nitrogens with one attached hydrogen (secondary N) is 3. The topological polar surface area (TPSA) is 159 Å². The van der Waals surface area contributed by atoms with E-state index in [-0.39, 0.29) is 27.4 Å². The highest BCUT2D eigenvalue weighted by Gasteiger charge is 2.27. The Morgan fingerprint density at radius 2 is 1.75 bits per heavy atom. The molecule has 0 aliphatic carbocycles. The van der Waals surface area contributed by atoms with Crippen LogP contribution >= 0.6 is 11.6 Å². The lowest BCUT2D eigenvalue weighted by Crippen LogP contribution is -2.40. The number of aromatic nitrogens is 2. The van der Waals surface area contributed by atoms with Crippen LogP contribution in [0.5, 0.6) is 0 Å². The molecule has 1 aromatic heterocycles. The fraction of sp³-hybridized carbons (Fsp3) is 0.0417. The number of rotatable bonds is 7. The average molecular weight is 505 g/mol. The number of aromatic amines is 1. The van der Waals surface area contributed by atoms with E-state index in [1.54, 1.807) is 54.6 Å². The van der Waals surface area contributed by atoms with Crippen molar-refractivity contribution in [2.24, 2.45) is 5.10 Å². The predicted molar refractivity (Wildman–Crippen MR) is 133 cm³/mol. The van der Waals surface area contributed by atoms with Gasteiger partial charge >= 0.3 is 0 Å². The minimum Gasteiger partial charge on any atom is -0.335 e. The van der Waals surface area contributed by atoms with Gasteiger partial charge in [-0.2, -0.15) is 10.2 Å². The highest BCUT2D eigenvalue weighted by Crippen LogP contribution is 2.22. The first-order chi connectivity index (χ1) is 17.3. The molecule has 0 unspecified atom stereocenters. The van der Waals surface area contributed by atoms with E-state index in [2.05, 4.69) is 26.0 Å². The molecule has 0 saturated carbocycles. The van der Waals surface area contributed by atoms with E-state index < -0.39 is 28.3 Å². The molecule has 0 aliphatic heterocycles. The molecule has 0 spiro atoms. The number of carbonyl (C=O) groups is 2. The van der Waals surface area contributed by atoms with Gasteiger partial charge in [-0.25, -0.2) is 10.5 Å². The normalized spacial score (nSPS) is 11.8. The number of nitrogens with zero attached hydrogens (tertiary/aromatic N) is 3. The van der Waals surface area contributed by atoms with Crippen LogP contribution in [0.15, 0.2) is 82.7 Å². The molecule has 4 aromatic rings. The van der Waals surface area contributed by atoms with Gasteiger partial charge < -0.3 is 5.32 Å². The van der Waals surface area contributed by atoms with Crippen LogP contribution in [0.1, 0.15) is 27.7 Å². The van der Waals surface area contributed by atoms with Crippen molar-refractivity contribution in [2.75, 3.05) is 0 Å². The molecule has 180 valence electrons. The molecule has 0 fully saturated rings. The van der Waals surface area contributed by atoms with Crippen LogP contribution in [-0.2, 0) is 4.79 Å². The maximum Gasteiger partial charge on any atom is 0.272 e. The van der Waals surface area contributed by atoms with Gasteiger partial charge in [0.05, 0.1) is 16.5 Å². The van der Waals surface area contributed by atoms with Crippen LogP contribution in [0.2, 0.25) is 5.02 Å². The Balaban J connectivity index is 1.67. The summed E-state index contributed by atoms with van der Waals surface area (Å²) in [4.78, 5) is 48.7. The van der Waals surface area contributed by atoms with Crippen molar-refractivity contribution in [1.82, 2.24) is 20.9 Å². The number of hydrogen-bond donors (Lipinski definition) is 3. The average Bonchev–Trinajstić information content (AvgIpc) is 2.89. The molecule has 0 aliphatic rings. The van der Waals surface area contributed by atoms with Crippen molar-refractivity contribution in [3.8, 4) is 0 Å². The monoisotopic (exact) mass is 504 g/mol. The molecule has 1 atom stereocenters. The van der Waals surface area contributed by atoms with E-state index >= 15 is 0 Å². The van der Waals surface area contributed by atoms with Crippen molar-refractivity contribution in [2.45, 2.75) is 6.04 Å². The van der Waals surface area contributed by atoms with E-state index in [0.717, 1.165) is 6.21 Å². The van der Waals surface area contributed by atoms with Crippen LogP contribution in [0.4, 0.5) is 5.69 Å². The van der Waals surface area contributed by atoms with Gasteiger partial charge in [0.15, 0.2) is 6.04 Å². The molecule has 3 aromatic carbocycles. The fourth-order valence-corrected chi connectivity index (χ4v) is 3.56. The Morgan fingerprint density at radius 1 is 1.06 bits per heavy atom. The van der Waals surface area contributed by atoms with Gasteiger partial charge in [-0.1, -0.05) is 48.0 Å². The second kappa shape index (κ2) is 10.6. The molecule has 0 bridgehead atoms. The summed E-state index contributed by atoms with van der Waals surface area (Å²) in [6.45, 7) is 0. The Morgan fingerprint density at radius 3 is 2.47 bits per heavy atom. The molecule has 1 heterocycles. The van der Waals surface area contributed by atoms with E-state index in [9.17, 15) is 24.5 Å². The third-order valence-corrected chi connectivity index (χ3v) is 5.49. The van der Waals surface area contributed by atoms with Crippen molar-refractivity contribution in [3.05, 3.63) is 115 Å². The van der Waals surface area contributed by atoms with Crippen molar-refractivity contribution < 1.29 is 14.5 Å². The number of halogens is 1. The van der Waals surface area contributed by atoms with Crippen molar-refractivity contribution >= 4 is 46.1 Å². The Hall–Kier alpha value is -4.90. The number of benzene rings is 3. The zero-order chi connectivity index (χ0) is 25.7. The molecular weight excluding hydrogens is 488 g/mol. The Labute approximate surface area is 208 Å². The zero-order valence-corrected chi connectivity index (χ0v) is 19.1. The number of amides is 2. The number of nitro groups is 1. The molecule has 3 N–H and O–H groups in total. The zero-order valence-electron chi connectivity index (χ0n) is 18.3. The Kier molecular flexibility index (Phi) is 7.12. The van der Waals surface area contributed by atoms with Crippen LogP contribution < -0.4 is 16.3 Å². The standard InChI is InChI=1S/C24H17ClN6O5/c25-19-11-10-16(31(35)36)12-15(19)13-26-29-24(34)21(27-22(32)14-6-2-1-3-7-14)20-17-8-4-5-9-18(17)23(33)30-28-20/h1-13,21H,(H,27,32)(H,29,34)(H,30,33)/b26-13-/t21-/m1/s1. The predicted octanol–water partition coefficient (Wildman–Crippen LogP) is 3.11. The maximum atomic E-state index is 13.2. The van der Waals surface area contributed by atoms with Crippen LogP contribution in [0.3, 0.4) is 0 Å². The number of hydrazone groups is 1. The SMILES string of the molecule is O=C(N[C@@H](C(=O)N/N=C\c1cc([N+](=O)[O-])ccc1Cl)c1n[nH]c(=O)c2ccccc12)c1ccccc1. The molecule has 0 saturated heterocycles. The third kappa shape index (κ3) is 5.26. The third-order valence-electron chi connectivity index (χ3n) is 5.14. The quantitative estimate of drug-likeness (QED) is 0.199. The van der Waals surface area contributed by atoms with E-state index in [4.69, 9.17) is 11.6 Å². The summed E-state index contributed by atoms with van der Waals surface area (Å²) >= 11 is 6.06. The van der Waals surface area contributed by atoms with Gasteiger partial charge in [0.25, 0.3) is 23.1 Å². The lowest BCUT2D eigenvalue weighted by atomic mass is 10.0.